The molecule has 0 saturated carbocycles. The number of carbonyl (C=O) groups is 1. The number of likely N-dealkylation sites (tertiary alicyclic amines) is 1. The van der Waals surface area contributed by atoms with Gasteiger partial charge in [-0.05, 0) is 30.6 Å². The Morgan fingerprint density at radius 2 is 1.82 bits per heavy atom. The van der Waals surface area contributed by atoms with E-state index in [2.05, 4.69) is 33.9 Å². The molecule has 1 amide bonds. The molecule has 0 aliphatic carbocycles. The first-order valence-electron chi connectivity index (χ1n) is 9.55. The highest BCUT2D eigenvalue weighted by Gasteiger charge is 2.41. The van der Waals surface area contributed by atoms with Crippen molar-refractivity contribution in [1.82, 2.24) is 4.90 Å². The second kappa shape index (κ2) is 8.30. The zero-order chi connectivity index (χ0) is 21.3. The van der Waals surface area contributed by atoms with Crippen LogP contribution in [0.2, 0.25) is 18.1 Å². The largest absolute Gasteiger partial charge is 0.493 e. The van der Waals surface area contributed by atoms with Crippen LogP contribution in [0.15, 0.2) is 12.1 Å². The minimum Gasteiger partial charge on any atom is -0.493 e. The summed E-state index contributed by atoms with van der Waals surface area (Å²) in [6, 6.07) is 2.98. The maximum absolute atomic E-state index is 13.2. The summed E-state index contributed by atoms with van der Waals surface area (Å²) >= 11 is 0. The van der Waals surface area contributed by atoms with Gasteiger partial charge in [0.2, 0.25) is 0 Å². The summed E-state index contributed by atoms with van der Waals surface area (Å²) in [7, 11) is 1.07. The average molecular weight is 411 g/mol. The Labute approximate surface area is 168 Å². The van der Waals surface area contributed by atoms with Gasteiger partial charge in [0.25, 0.3) is 5.91 Å². The van der Waals surface area contributed by atoms with Crippen LogP contribution in [-0.4, -0.2) is 63.7 Å². The Bertz CT molecular complexity index is 717. The van der Waals surface area contributed by atoms with E-state index in [-0.39, 0.29) is 23.5 Å². The van der Waals surface area contributed by atoms with Gasteiger partial charge in [-0.15, -0.1) is 0 Å². The number of nitrogens with zero attached hydrogens (tertiary/aromatic N) is 1. The monoisotopic (exact) mass is 410 g/mol. The van der Waals surface area contributed by atoms with Crippen LogP contribution in [0.5, 0.6) is 11.5 Å². The van der Waals surface area contributed by atoms with Crippen molar-refractivity contribution in [2.75, 3.05) is 33.1 Å². The van der Waals surface area contributed by atoms with Crippen molar-refractivity contribution < 1.29 is 23.8 Å². The fraction of sp³-hybridized carbons (Fsp3) is 0.650. The number of benzene rings is 1. The molecule has 7 nitrogen and oxygen atoms in total. The first-order valence-corrected chi connectivity index (χ1v) is 12.5. The number of amides is 1. The Kier molecular flexibility index (Phi) is 6.68. The molecular formula is C20H34N2O5Si. The Hall–Kier alpha value is -1.77. The first kappa shape index (κ1) is 22.5. The van der Waals surface area contributed by atoms with E-state index in [9.17, 15) is 9.90 Å². The Morgan fingerprint density at radius 3 is 2.36 bits per heavy atom. The lowest BCUT2D eigenvalue weighted by Gasteiger charge is -2.38. The SMILES string of the molecule is COc1cc(N)c(C(=O)N2C[C@H](O)C[C@H]2CO[Si](C)(C)C(C)(C)C)cc1OC. The predicted molar refractivity (Wildman–Crippen MR) is 113 cm³/mol. The number of hydrogen-bond acceptors (Lipinski definition) is 6. The van der Waals surface area contributed by atoms with Crippen molar-refractivity contribution in [2.24, 2.45) is 0 Å². The summed E-state index contributed by atoms with van der Waals surface area (Å²) in [5.41, 5.74) is 6.75. The van der Waals surface area contributed by atoms with Gasteiger partial charge in [0.1, 0.15) is 0 Å². The molecule has 2 rings (SSSR count). The van der Waals surface area contributed by atoms with E-state index in [1.807, 2.05) is 0 Å². The maximum Gasteiger partial charge on any atom is 0.256 e. The lowest BCUT2D eigenvalue weighted by molar-refractivity contribution is 0.0671. The van der Waals surface area contributed by atoms with Gasteiger partial charge in [0, 0.05) is 18.3 Å². The number of anilines is 1. The summed E-state index contributed by atoms with van der Waals surface area (Å²) in [6.07, 6.45) is -0.0774. The highest BCUT2D eigenvalue weighted by atomic mass is 28.4. The fourth-order valence-corrected chi connectivity index (χ4v) is 4.10. The number of aliphatic hydroxyl groups is 1. The quantitative estimate of drug-likeness (QED) is 0.553. The number of ether oxygens (including phenoxy) is 2. The zero-order valence-electron chi connectivity index (χ0n) is 18.0. The topological polar surface area (TPSA) is 94.3 Å². The van der Waals surface area contributed by atoms with E-state index in [1.54, 1.807) is 17.0 Å². The second-order valence-corrected chi connectivity index (χ2v) is 13.7. The molecule has 3 N–H and O–H groups in total. The third-order valence-corrected chi connectivity index (χ3v) is 10.4. The molecule has 8 heteroatoms. The number of methoxy groups -OCH3 is 2. The lowest BCUT2D eigenvalue weighted by Crippen LogP contribution is -2.46. The molecule has 1 saturated heterocycles. The van der Waals surface area contributed by atoms with Crippen LogP contribution in [0.25, 0.3) is 0 Å². The molecule has 1 aliphatic heterocycles. The fourth-order valence-electron chi connectivity index (χ4n) is 3.05. The summed E-state index contributed by atoms with van der Waals surface area (Å²) in [6.45, 7) is 11.6. The first-order chi connectivity index (χ1) is 12.9. The molecule has 158 valence electrons. The van der Waals surface area contributed by atoms with Crippen molar-refractivity contribution >= 4 is 19.9 Å². The van der Waals surface area contributed by atoms with Gasteiger partial charge in [-0.25, -0.2) is 0 Å². The second-order valence-electron chi connectivity index (χ2n) is 8.87. The van der Waals surface area contributed by atoms with Crippen molar-refractivity contribution in [3.05, 3.63) is 17.7 Å². The third-order valence-electron chi connectivity index (χ3n) is 5.88. The highest BCUT2D eigenvalue weighted by Crippen LogP contribution is 2.38. The minimum atomic E-state index is -1.96. The normalized spacial score (nSPS) is 20.4. The van der Waals surface area contributed by atoms with Crippen LogP contribution >= 0.6 is 0 Å². The van der Waals surface area contributed by atoms with Crippen LogP contribution in [0.1, 0.15) is 37.6 Å². The molecule has 1 fully saturated rings. The van der Waals surface area contributed by atoms with Crippen LogP contribution < -0.4 is 15.2 Å². The van der Waals surface area contributed by atoms with Crippen molar-refractivity contribution in [3.8, 4) is 11.5 Å². The molecule has 0 radical (unpaired) electrons. The molecule has 28 heavy (non-hydrogen) atoms. The molecule has 2 atom stereocenters. The molecule has 1 aromatic carbocycles. The van der Waals surface area contributed by atoms with Crippen molar-refractivity contribution in [1.29, 1.82) is 0 Å². The summed E-state index contributed by atoms with van der Waals surface area (Å²) in [5.74, 6) is 0.670. The number of nitrogen functional groups attached to an aromatic ring is 1. The molecular weight excluding hydrogens is 376 g/mol. The zero-order valence-corrected chi connectivity index (χ0v) is 19.0. The molecule has 1 aliphatic rings. The molecule has 0 aromatic heterocycles. The standard InChI is InChI=1S/C20H34N2O5Si/c1-20(2,3)28(6,7)27-12-13-8-14(23)11-22(13)19(24)15-9-17(25-4)18(26-5)10-16(15)21/h9-10,13-14,23H,8,11-12,21H2,1-7H3/t13-,14+/m0/s1. The van der Waals surface area contributed by atoms with Gasteiger partial charge < -0.3 is 29.6 Å². The van der Waals surface area contributed by atoms with Crippen LogP contribution in [0.4, 0.5) is 5.69 Å². The smallest absolute Gasteiger partial charge is 0.256 e. The maximum atomic E-state index is 13.2. The summed E-state index contributed by atoms with van der Waals surface area (Å²) in [5, 5.41) is 10.3. The number of hydrogen-bond donors (Lipinski definition) is 2. The Morgan fingerprint density at radius 1 is 1.25 bits per heavy atom. The highest BCUT2D eigenvalue weighted by molar-refractivity contribution is 6.74. The molecule has 1 heterocycles. The summed E-state index contributed by atoms with van der Waals surface area (Å²) < 4.78 is 16.9. The van der Waals surface area contributed by atoms with Gasteiger partial charge in [0.05, 0.1) is 38.5 Å². The van der Waals surface area contributed by atoms with E-state index in [0.29, 0.717) is 35.8 Å². The molecule has 1 aromatic rings. The van der Waals surface area contributed by atoms with Crippen molar-refractivity contribution in [2.45, 2.75) is 57.5 Å². The number of aliphatic hydroxyl groups excluding tert-OH is 1. The number of β-amino-alcohol motifs (C(OH)–C–C–N with tert-alkyl or cyclic N) is 1. The Balaban J connectivity index is 2.24. The number of rotatable bonds is 6. The molecule has 0 bridgehead atoms. The number of carbonyl (C=O) groups excluding carboxylic acids is 1. The van der Waals surface area contributed by atoms with Gasteiger partial charge in [-0.2, -0.15) is 0 Å². The van der Waals surface area contributed by atoms with E-state index < -0.39 is 14.4 Å². The third kappa shape index (κ3) is 4.61. The summed E-state index contributed by atoms with van der Waals surface area (Å²) in [4.78, 5) is 14.9. The van der Waals surface area contributed by atoms with Gasteiger partial charge in [-0.3, -0.25) is 4.79 Å². The van der Waals surface area contributed by atoms with E-state index in [1.165, 1.54) is 14.2 Å². The van der Waals surface area contributed by atoms with Crippen LogP contribution in [0.3, 0.4) is 0 Å². The number of nitrogens with two attached hydrogens (primary N) is 1. The lowest BCUT2D eigenvalue weighted by atomic mass is 10.1. The van der Waals surface area contributed by atoms with Crippen LogP contribution in [-0.2, 0) is 4.43 Å². The van der Waals surface area contributed by atoms with Gasteiger partial charge in [-0.1, -0.05) is 20.8 Å². The van der Waals surface area contributed by atoms with Crippen LogP contribution in [0, 0.1) is 0 Å². The van der Waals surface area contributed by atoms with Crippen molar-refractivity contribution in [3.63, 3.8) is 0 Å². The molecule has 0 unspecified atom stereocenters. The van der Waals surface area contributed by atoms with E-state index in [4.69, 9.17) is 19.6 Å². The van der Waals surface area contributed by atoms with Gasteiger partial charge in [0.15, 0.2) is 19.8 Å². The van der Waals surface area contributed by atoms with Gasteiger partial charge >= 0.3 is 0 Å². The predicted octanol–water partition coefficient (Wildman–Crippen LogP) is 2.88. The van der Waals surface area contributed by atoms with E-state index in [0.717, 1.165) is 0 Å². The molecule has 0 spiro atoms. The average Bonchev–Trinajstić information content (AvgIpc) is 2.99. The minimum absolute atomic E-state index is 0.0762. The van der Waals surface area contributed by atoms with E-state index >= 15 is 0 Å².